The van der Waals surface area contributed by atoms with Crippen molar-refractivity contribution in [2.75, 3.05) is 12.9 Å². The van der Waals surface area contributed by atoms with E-state index >= 15 is 0 Å². The molecule has 0 spiro atoms. The summed E-state index contributed by atoms with van der Waals surface area (Å²) in [5.74, 6) is -2.01. The van der Waals surface area contributed by atoms with Crippen molar-refractivity contribution in [1.82, 2.24) is 20.3 Å². The first-order valence-corrected chi connectivity index (χ1v) is 11.8. The molecule has 174 valence electrons. The van der Waals surface area contributed by atoms with E-state index in [1.54, 1.807) is 19.1 Å². The molecular weight excluding hydrogens is 477 g/mol. The van der Waals surface area contributed by atoms with Gasteiger partial charge >= 0.3 is 6.18 Å². The van der Waals surface area contributed by atoms with Crippen LogP contribution in [0.1, 0.15) is 46.1 Å². The molecule has 0 aromatic carbocycles. The second-order valence-corrected chi connectivity index (χ2v) is 9.57. The van der Waals surface area contributed by atoms with Crippen molar-refractivity contribution in [2.45, 2.75) is 42.9 Å². The van der Waals surface area contributed by atoms with E-state index in [1.165, 1.54) is 30.6 Å². The molecule has 3 heterocycles. The number of alkyl halides is 3. The molecular formula is C21H19F3N4O3S2. The van der Waals surface area contributed by atoms with Crippen LogP contribution in [0.3, 0.4) is 0 Å². The van der Waals surface area contributed by atoms with Crippen LogP contribution < -0.4 is 10.1 Å². The van der Waals surface area contributed by atoms with E-state index < -0.39 is 12.0 Å². The van der Waals surface area contributed by atoms with Gasteiger partial charge in [-0.25, -0.2) is 15.0 Å². The van der Waals surface area contributed by atoms with Gasteiger partial charge in [-0.2, -0.15) is 13.2 Å². The standard InChI is InChI=1S/C21H19F3N4O3S2/c1-10(18(30)25-11-3-4-11)14-6-7-15(33-14)13(29)9-32-19-17-12(5-8-16(27-17)31-2)26-20(28-19)21(22,23)24/h5-8,10-11H,3-4,9H2,1-2H3,(H,25,30)/t10-/m0/s1. The van der Waals surface area contributed by atoms with E-state index in [1.807, 2.05) is 0 Å². The van der Waals surface area contributed by atoms with Gasteiger partial charge in [0.15, 0.2) is 5.78 Å². The number of pyridine rings is 1. The van der Waals surface area contributed by atoms with Gasteiger partial charge in [0.1, 0.15) is 10.5 Å². The molecule has 1 amide bonds. The smallest absolute Gasteiger partial charge is 0.451 e. The zero-order valence-electron chi connectivity index (χ0n) is 17.6. The van der Waals surface area contributed by atoms with Crippen molar-refractivity contribution < 1.29 is 27.5 Å². The predicted octanol–water partition coefficient (Wildman–Crippen LogP) is 4.47. The number of ether oxygens (including phenoxy) is 1. The number of rotatable bonds is 8. The molecule has 7 nitrogen and oxygen atoms in total. The number of carbonyl (C=O) groups excluding carboxylic acids is 2. The molecule has 0 saturated heterocycles. The molecule has 33 heavy (non-hydrogen) atoms. The highest BCUT2D eigenvalue weighted by molar-refractivity contribution is 8.00. The minimum absolute atomic E-state index is 0.00184. The number of thioether (sulfide) groups is 1. The number of hydrogen-bond donors (Lipinski definition) is 1. The van der Waals surface area contributed by atoms with Crippen LogP contribution in [0, 0.1) is 0 Å². The van der Waals surface area contributed by atoms with Gasteiger partial charge in [-0.1, -0.05) is 11.8 Å². The molecule has 1 saturated carbocycles. The van der Waals surface area contributed by atoms with Crippen LogP contribution in [-0.4, -0.2) is 45.5 Å². The van der Waals surface area contributed by atoms with Crippen molar-refractivity contribution in [3.63, 3.8) is 0 Å². The number of methoxy groups -OCH3 is 1. The summed E-state index contributed by atoms with van der Waals surface area (Å²) in [4.78, 5) is 37.5. The first kappa shape index (κ1) is 23.4. The summed E-state index contributed by atoms with van der Waals surface area (Å²) < 4.78 is 44.8. The van der Waals surface area contributed by atoms with Gasteiger partial charge in [0.25, 0.3) is 0 Å². The van der Waals surface area contributed by atoms with Gasteiger partial charge in [0, 0.05) is 17.0 Å². The summed E-state index contributed by atoms with van der Waals surface area (Å²) >= 11 is 2.06. The highest BCUT2D eigenvalue weighted by Crippen LogP contribution is 2.33. The van der Waals surface area contributed by atoms with Gasteiger partial charge in [-0.05, 0) is 38.0 Å². The lowest BCUT2D eigenvalue weighted by atomic mass is 10.1. The Hall–Kier alpha value is -2.73. The molecule has 1 atom stereocenters. The normalized spacial score (nSPS) is 14.8. The van der Waals surface area contributed by atoms with Crippen LogP contribution in [0.4, 0.5) is 13.2 Å². The SMILES string of the molecule is COc1ccc2nc(C(F)(F)F)nc(SCC(=O)c3ccc([C@H](C)C(=O)NC4CC4)s3)c2n1. The molecule has 1 N–H and O–H groups in total. The summed E-state index contributed by atoms with van der Waals surface area (Å²) in [6, 6.07) is 6.37. The fourth-order valence-corrected chi connectivity index (χ4v) is 4.88. The summed E-state index contributed by atoms with van der Waals surface area (Å²) in [5.41, 5.74) is 0.124. The van der Waals surface area contributed by atoms with Crippen LogP contribution >= 0.6 is 23.1 Å². The maximum Gasteiger partial charge on any atom is 0.451 e. The summed E-state index contributed by atoms with van der Waals surface area (Å²) in [6.07, 6.45) is -2.77. The van der Waals surface area contributed by atoms with Crippen molar-refractivity contribution in [3.8, 4) is 5.88 Å². The summed E-state index contributed by atoms with van der Waals surface area (Å²) in [5, 5.41) is 2.87. The topological polar surface area (TPSA) is 94.1 Å². The number of carbonyl (C=O) groups is 2. The maximum atomic E-state index is 13.3. The Morgan fingerprint density at radius 2 is 1.97 bits per heavy atom. The van der Waals surface area contributed by atoms with Gasteiger partial charge in [-0.15, -0.1) is 11.3 Å². The van der Waals surface area contributed by atoms with E-state index in [0.717, 1.165) is 29.5 Å². The number of thiophene rings is 1. The van der Waals surface area contributed by atoms with E-state index in [4.69, 9.17) is 4.74 Å². The van der Waals surface area contributed by atoms with Crippen LogP contribution in [0.15, 0.2) is 29.3 Å². The number of ketones is 1. The number of amides is 1. The third-order valence-electron chi connectivity index (χ3n) is 4.93. The van der Waals surface area contributed by atoms with Crippen molar-refractivity contribution in [3.05, 3.63) is 39.8 Å². The zero-order valence-corrected chi connectivity index (χ0v) is 19.2. The quantitative estimate of drug-likeness (QED) is 0.279. The van der Waals surface area contributed by atoms with Crippen molar-refractivity contribution in [1.29, 1.82) is 0 Å². The lowest BCUT2D eigenvalue weighted by molar-refractivity contribution is -0.145. The number of nitrogens with one attached hydrogen (secondary N) is 1. The Morgan fingerprint density at radius 1 is 1.21 bits per heavy atom. The first-order chi connectivity index (χ1) is 15.7. The third-order valence-corrected chi connectivity index (χ3v) is 7.21. The van der Waals surface area contributed by atoms with Crippen LogP contribution in [0.5, 0.6) is 5.88 Å². The second kappa shape index (κ2) is 9.26. The number of aromatic nitrogens is 3. The molecule has 1 aliphatic rings. The highest BCUT2D eigenvalue weighted by Gasteiger charge is 2.36. The Kier molecular flexibility index (Phi) is 6.57. The number of halogens is 3. The molecule has 3 aromatic rings. The minimum atomic E-state index is -4.74. The summed E-state index contributed by atoms with van der Waals surface area (Å²) in [7, 11) is 1.38. The Bertz CT molecular complexity index is 1210. The Labute approximate surface area is 195 Å². The molecule has 0 aliphatic heterocycles. The molecule has 12 heteroatoms. The molecule has 4 rings (SSSR count). The summed E-state index contributed by atoms with van der Waals surface area (Å²) in [6.45, 7) is 1.78. The van der Waals surface area contributed by atoms with Crippen molar-refractivity contribution in [2.24, 2.45) is 0 Å². The number of hydrogen-bond acceptors (Lipinski definition) is 8. The lowest BCUT2D eigenvalue weighted by Crippen LogP contribution is -2.29. The zero-order chi connectivity index (χ0) is 23.8. The van der Waals surface area contributed by atoms with Crippen molar-refractivity contribution >= 4 is 45.8 Å². The molecule has 0 unspecified atom stereocenters. The average molecular weight is 497 g/mol. The fourth-order valence-electron chi connectivity index (χ4n) is 2.93. The van der Waals surface area contributed by atoms with E-state index in [2.05, 4.69) is 20.3 Å². The molecule has 3 aromatic heterocycles. The molecule has 1 aliphatic carbocycles. The van der Waals surface area contributed by atoms with E-state index in [0.29, 0.717) is 4.88 Å². The lowest BCUT2D eigenvalue weighted by Gasteiger charge is -2.10. The van der Waals surface area contributed by atoms with Crippen LogP contribution in [-0.2, 0) is 11.0 Å². The molecule has 0 radical (unpaired) electrons. The van der Waals surface area contributed by atoms with E-state index in [9.17, 15) is 22.8 Å². The number of Topliss-reactive ketones (excluding diaryl/α,β-unsaturated/α-hetero) is 1. The number of fused-ring (bicyclic) bond motifs is 1. The molecule has 1 fully saturated rings. The van der Waals surface area contributed by atoms with E-state index in [-0.39, 0.29) is 51.3 Å². The highest BCUT2D eigenvalue weighted by atomic mass is 32.2. The number of nitrogens with zero attached hydrogens (tertiary/aromatic N) is 3. The largest absolute Gasteiger partial charge is 0.481 e. The van der Waals surface area contributed by atoms with Gasteiger partial charge in [-0.3, -0.25) is 9.59 Å². The Morgan fingerprint density at radius 3 is 2.64 bits per heavy atom. The minimum Gasteiger partial charge on any atom is -0.481 e. The second-order valence-electron chi connectivity index (χ2n) is 7.49. The monoisotopic (exact) mass is 496 g/mol. The molecule has 0 bridgehead atoms. The van der Waals surface area contributed by atoms with Gasteiger partial charge in [0.2, 0.25) is 17.6 Å². The van der Waals surface area contributed by atoms with Gasteiger partial charge < -0.3 is 10.1 Å². The fraction of sp³-hybridized carbons (Fsp3) is 0.381. The predicted molar refractivity (Wildman–Crippen MR) is 118 cm³/mol. The maximum absolute atomic E-state index is 13.3. The van der Waals surface area contributed by atoms with Gasteiger partial charge in [0.05, 0.1) is 29.2 Å². The van der Waals surface area contributed by atoms with Crippen LogP contribution in [0.25, 0.3) is 11.0 Å². The Balaban J connectivity index is 1.52. The first-order valence-electron chi connectivity index (χ1n) is 10.0. The third kappa shape index (κ3) is 5.44. The van der Waals surface area contributed by atoms with Crippen LogP contribution in [0.2, 0.25) is 0 Å². The average Bonchev–Trinajstić information content (AvgIpc) is 3.46.